The van der Waals surface area contributed by atoms with Crippen molar-refractivity contribution in [3.05, 3.63) is 306 Å². The summed E-state index contributed by atoms with van der Waals surface area (Å²) in [5.41, 5.74) is 19.7. The lowest BCUT2D eigenvalue weighted by molar-refractivity contribution is 0.760. The molecule has 0 aliphatic heterocycles. The fourth-order valence-electron chi connectivity index (χ4n) is 12.8. The maximum Gasteiger partial charge on any atom is 0.179 e. The zero-order valence-corrected chi connectivity index (χ0v) is 39.6. The Morgan fingerprint density at radius 1 is 0.300 bits per heavy atom. The summed E-state index contributed by atoms with van der Waals surface area (Å²) in [6.45, 7) is 0. The van der Waals surface area contributed by atoms with Gasteiger partial charge in [-0.3, -0.25) is 0 Å². The maximum absolute atomic E-state index is 3.20. The van der Waals surface area contributed by atoms with Gasteiger partial charge >= 0.3 is 0 Å². The highest BCUT2D eigenvalue weighted by molar-refractivity contribution is 7.20. The molecule has 0 radical (unpaired) electrons. The lowest BCUT2D eigenvalue weighted by Crippen LogP contribution is -2.75. The van der Waals surface area contributed by atoms with E-state index in [1.165, 1.54) is 115 Å². The van der Waals surface area contributed by atoms with Crippen molar-refractivity contribution in [2.45, 2.75) is 11.8 Å². The van der Waals surface area contributed by atoms with Gasteiger partial charge in [0.05, 0.1) is 11.0 Å². The lowest BCUT2D eigenvalue weighted by atomic mass is 9.60. The van der Waals surface area contributed by atoms with Crippen LogP contribution < -0.4 is 20.7 Å². The van der Waals surface area contributed by atoms with Crippen LogP contribution in [0.2, 0.25) is 0 Å². The summed E-state index contributed by atoms with van der Waals surface area (Å²) in [5, 5.41) is 8.14. The summed E-state index contributed by atoms with van der Waals surface area (Å²) in [7, 11) is -3.20. The average molecular weight is 906 g/mol. The molecular weight excluding hydrogens is 859 g/mol. The van der Waals surface area contributed by atoms with E-state index in [1.54, 1.807) is 0 Å². The second-order valence-electron chi connectivity index (χ2n) is 19.0. The zero-order valence-electron chi connectivity index (χ0n) is 38.6. The molecule has 3 aliphatic carbocycles. The van der Waals surface area contributed by atoms with Gasteiger partial charge in [0.15, 0.2) is 8.07 Å². The van der Waals surface area contributed by atoms with Crippen LogP contribution in [0.1, 0.15) is 45.2 Å². The van der Waals surface area contributed by atoms with E-state index < -0.39 is 8.07 Å². The smallest absolute Gasteiger partial charge is 0.179 e. The Bertz CT molecular complexity index is 3840. The number of nitrogens with zero attached hydrogens (tertiary/aromatic N) is 1. The fourth-order valence-corrected chi connectivity index (χ4v) is 17.9. The number of fused-ring (bicyclic) bond motifs is 3. The second-order valence-corrected chi connectivity index (χ2v) is 22.8. The molecule has 1 heterocycles. The van der Waals surface area contributed by atoms with Gasteiger partial charge < -0.3 is 4.57 Å². The van der Waals surface area contributed by atoms with Crippen molar-refractivity contribution in [2.75, 3.05) is 0 Å². The van der Waals surface area contributed by atoms with Gasteiger partial charge in [0.2, 0.25) is 0 Å². The van der Waals surface area contributed by atoms with E-state index in [4.69, 9.17) is 0 Å². The van der Waals surface area contributed by atoms with E-state index in [2.05, 4.69) is 278 Å². The first-order chi connectivity index (χ1) is 34.8. The molecule has 2 unspecified atom stereocenters. The Morgan fingerprint density at radius 2 is 0.771 bits per heavy atom. The molecule has 0 N–H and O–H groups in total. The molecule has 0 amide bonds. The molecule has 15 rings (SSSR count). The monoisotopic (exact) mass is 905 g/mol. The molecule has 0 saturated heterocycles. The van der Waals surface area contributed by atoms with Gasteiger partial charge in [-0.1, -0.05) is 243 Å². The van der Waals surface area contributed by atoms with Crippen molar-refractivity contribution in [3.63, 3.8) is 0 Å². The minimum absolute atomic E-state index is 0.0125. The minimum Gasteiger partial charge on any atom is -0.309 e. The Balaban J connectivity index is 1.10. The summed E-state index contributed by atoms with van der Waals surface area (Å²) in [6.07, 6.45) is 0. The van der Waals surface area contributed by atoms with Crippen LogP contribution in [0.4, 0.5) is 0 Å². The average Bonchev–Trinajstić information content (AvgIpc) is 3.79. The summed E-state index contributed by atoms with van der Waals surface area (Å²) < 4.78 is 2.45. The second kappa shape index (κ2) is 16.3. The first-order valence-electron chi connectivity index (χ1n) is 24.6. The summed E-state index contributed by atoms with van der Waals surface area (Å²) in [4.78, 5) is 0. The number of hydrogen-bond donors (Lipinski definition) is 0. The van der Waals surface area contributed by atoms with Crippen LogP contribution in [-0.4, -0.2) is 12.6 Å². The topological polar surface area (TPSA) is 4.93 Å². The predicted molar refractivity (Wildman–Crippen MR) is 295 cm³/mol. The van der Waals surface area contributed by atoms with Crippen LogP contribution in [0.15, 0.2) is 273 Å². The van der Waals surface area contributed by atoms with Crippen LogP contribution in [0, 0.1) is 0 Å². The fraction of sp³-hybridized carbons (Fsp3) is 0.0294. The molecule has 2 heteroatoms. The van der Waals surface area contributed by atoms with Gasteiger partial charge in [0.25, 0.3) is 0 Å². The third-order valence-corrected chi connectivity index (χ3v) is 20.3. The number of para-hydroxylation sites is 2. The molecule has 0 spiro atoms. The van der Waals surface area contributed by atoms with E-state index in [0.29, 0.717) is 0 Å². The molecule has 70 heavy (non-hydrogen) atoms. The van der Waals surface area contributed by atoms with Crippen LogP contribution in [0.3, 0.4) is 0 Å². The first-order valence-corrected chi connectivity index (χ1v) is 26.6. The molecule has 2 bridgehead atoms. The van der Waals surface area contributed by atoms with Crippen molar-refractivity contribution in [2.24, 2.45) is 0 Å². The Kier molecular flexibility index (Phi) is 9.43. The molecule has 12 aromatic rings. The largest absolute Gasteiger partial charge is 0.309 e. The van der Waals surface area contributed by atoms with E-state index >= 15 is 0 Å². The quantitative estimate of drug-likeness (QED) is 0.106. The molecule has 0 saturated carbocycles. The summed E-state index contributed by atoms with van der Waals surface area (Å²) >= 11 is 0. The standard InChI is InChI=1S/C68H47NSi/c1-6-23-46(24-7-1)48-43-49(47-25-8-2-9-26-47)45-53(44-48)70(51-29-12-4-13-30-51,52-31-14-5-15-32-52)63-42-22-39-60-64-54-33-16-17-34-57(54)68(67(60)63)66-56(36-20-38-59(64)66)55-37-21-41-62-65(55)58-35-18-19-40-61(58)69(62)50-27-10-3-11-28-50/h1-45,64,68H. The number of hydrogen-bond acceptors (Lipinski definition) is 0. The van der Waals surface area contributed by atoms with Crippen molar-refractivity contribution >= 4 is 50.6 Å². The summed E-state index contributed by atoms with van der Waals surface area (Å²) in [5.74, 6) is 0.0614. The van der Waals surface area contributed by atoms with Crippen LogP contribution in [0.25, 0.3) is 60.9 Å². The Labute approximate surface area is 410 Å². The minimum atomic E-state index is -3.20. The molecule has 3 aliphatic rings. The van der Waals surface area contributed by atoms with E-state index in [-0.39, 0.29) is 11.8 Å². The molecule has 1 aromatic heterocycles. The third kappa shape index (κ3) is 6.03. The predicted octanol–water partition coefficient (Wildman–Crippen LogP) is 14.1. The van der Waals surface area contributed by atoms with Gasteiger partial charge in [-0.05, 0) is 118 Å². The Hall–Kier alpha value is -8.56. The molecule has 328 valence electrons. The highest BCUT2D eigenvalue weighted by Crippen LogP contribution is 2.58. The van der Waals surface area contributed by atoms with Crippen LogP contribution in [-0.2, 0) is 0 Å². The van der Waals surface area contributed by atoms with Gasteiger partial charge in [-0.25, -0.2) is 0 Å². The first kappa shape index (κ1) is 40.5. The van der Waals surface area contributed by atoms with Gasteiger partial charge in [-0.2, -0.15) is 0 Å². The molecule has 1 nitrogen and oxygen atoms in total. The van der Waals surface area contributed by atoms with E-state index in [9.17, 15) is 0 Å². The number of benzene rings is 11. The zero-order chi connectivity index (χ0) is 46.2. The van der Waals surface area contributed by atoms with Crippen molar-refractivity contribution in [3.8, 4) is 39.1 Å². The third-order valence-electron chi connectivity index (χ3n) is 15.5. The molecule has 0 fully saturated rings. The van der Waals surface area contributed by atoms with E-state index in [0.717, 1.165) is 0 Å². The number of rotatable bonds is 8. The van der Waals surface area contributed by atoms with Gasteiger partial charge in [-0.15, -0.1) is 0 Å². The maximum atomic E-state index is 2.55. The molecular formula is C68H47NSi. The SMILES string of the molecule is c1ccc(-c2cc(-c3ccccc3)cc([Si](c3ccccc3)(c3ccccc3)c3cccc4c3C3c5ccccc5C4c4cccc(-c5cccc6c5c5ccccc5n6-c5ccccc5)c43)c2)cc1. The summed E-state index contributed by atoms with van der Waals surface area (Å²) in [6, 6.07) is 103. The molecule has 11 aromatic carbocycles. The van der Waals surface area contributed by atoms with E-state index in [1.807, 2.05) is 0 Å². The van der Waals surface area contributed by atoms with Gasteiger partial charge in [0.1, 0.15) is 0 Å². The Morgan fingerprint density at radius 3 is 1.41 bits per heavy atom. The van der Waals surface area contributed by atoms with Gasteiger partial charge in [0, 0.05) is 28.3 Å². The van der Waals surface area contributed by atoms with Crippen LogP contribution >= 0.6 is 0 Å². The highest BCUT2D eigenvalue weighted by Gasteiger charge is 2.50. The molecule has 2 atom stereocenters. The highest BCUT2D eigenvalue weighted by atomic mass is 28.3. The van der Waals surface area contributed by atoms with Crippen LogP contribution in [0.5, 0.6) is 0 Å². The van der Waals surface area contributed by atoms with Crippen molar-refractivity contribution in [1.29, 1.82) is 0 Å². The lowest BCUT2D eigenvalue weighted by Gasteiger charge is -2.47. The van der Waals surface area contributed by atoms with Crippen molar-refractivity contribution in [1.82, 2.24) is 4.57 Å². The number of aromatic nitrogens is 1. The van der Waals surface area contributed by atoms with Crippen molar-refractivity contribution < 1.29 is 0 Å². The normalized spacial score (nSPS) is 14.6.